The van der Waals surface area contributed by atoms with E-state index in [0.29, 0.717) is 0 Å². The summed E-state index contributed by atoms with van der Waals surface area (Å²) in [7, 11) is 0. The summed E-state index contributed by atoms with van der Waals surface area (Å²) in [6, 6.07) is 3.16. The maximum Gasteiger partial charge on any atom is 0.0634 e. The van der Waals surface area contributed by atoms with Gasteiger partial charge in [0, 0.05) is 16.7 Å². The van der Waals surface area contributed by atoms with E-state index in [2.05, 4.69) is 43.5 Å². The second-order valence-corrected chi connectivity index (χ2v) is 7.42. The summed E-state index contributed by atoms with van der Waals surface area (Å²) in [6.45, 7) is 9.33. The van der Waals surface area contributed by atoms with Crippen molar-refractivity contribution in [2.75, 3.05) is 18.8 Å². The SMILES string of the molecule is CCCN(CCC)C1CSc2sc(C)cc2C1. The summed E-state index contributed by atoms with van der Waals surface area (Å²) in [5, 5.41) is 0. The first-order valence-corrected chi connectivity index (χ1v) is 8.51. The van der Waals surface area contributed by atoms with Gasteiger partial charge in [0.25, 0.3) is 0 Å². The first-order chi connectivity index (χ1) is 8.24. The van der Waals surface area contributed by atoms with E-state index in [1.165, 1.54) is 43.0 Å². The summed E-state index contributed by atoms with van der Waals surface area (Å²) >= 11 is 4.05. The molecule has 1 aromatic rings. The average Bonchev–Trinajstić information content (AvgIpc) is 2.67. The Kier molecular flexibility index (Phi) is 4.95. The minimum absolute atomic E-state index is 0.765. The van der Waals surface area contributed by atoms with Gasteiger partial charge in [-0.3, -0.25) is 4.90 Å². The molecule has 0 fully saturated rings. The molecular weight excluding hydrogens is 246 g/mol. The van der Waals surface area contributed by atoms with Gasteiger partial charge in [-0.05, 0) is 50.9 Å². The predicted octanol–water partition coefficient (Wildman–Crippen LogP) is 4.20. The number of thioether (sulfide) groups is 1. The van der Waals surface area contributed by atoms with Crippen LogP contribution in [0.2, 0.25) is 0 Å². The molecule has 17 heavy (non-hydrogen) atoms. The topological polar surface area (TPSA) is 3.24 Å². The summed E-state index contributed by atoms with van der Waals surface area (Å²) < 4.78 is 1.58. The van der Waals surface area contributed by atoms with Crippen molar-refractivity contribution >= 4 is 23.1 Å². The summed E-state index contributed by atoms with van der Waals surface area (Å²) in [5.41, 5.74) is 1.60. The smallest absolute Gasteiger partial charge is 0.0634 e. The Balaban J connectivity index is 2.04. The normalized spacial score (nSPS) is 19.6. The summed E-state index contributed by atoms with van der Waals surface area (Å²) in [4.78, 5) is 4.17. The molecule has 1 nitrogen and oxygen atoms in total. The van der Waals surface area contributed by atoms with Crippen LogP contribution in [0.15, 0.2) is 10.3 Å². The van der Waals surface area contributed by atoms with Crippen LogP contribution in [0, 0.1) is 6.92 Å². The first kappa shape index (κ1) is 13.4. The van der Waals surface area contributed by atoms with Gasteiger partial charge in [0.05, 0.1) is 4.21 Å². The zero-order valence-corrected chi connectivity index (χ0v) is 12.8. The molecule has 0 radical (unpaired) electrons. The molecule has 0 aliphatic carbocycles. The number of rotatable bonds is 5. The van der Waals surface area contributed by atoms with E-state index in [1.54, 1.807) is 9.77 Å². The van der Waals surface area contributed by atoms with E-state index >= 15 is 0 Å². The molecule has 2 rings (SSSR count). The Bertz CT molecular complexity index is 353. The van der Waals surface area contributed by atoms with Gasteiger partial charge in [-0.2, -0.15) is 0 Å². The Labute approximate surface area is 114 Å². The maximum atomic E-state index is 2.70. The Morgan fingerprint density at radius 1 is 1.29 bits per heavy atom. The fraction of sp³-hybridized carbons (Fsp3) is 0.714. The molecule has 1 aliphatic heterocycles. The fourth-order valence-electron chi connectivity index (χ4n) is 2.58. The van der Waals surface area contributed by atoms with Crippen molar-refractivity contribution in [2.45, 2.75) is 50.3 Å². The summed E-state index contributed by atoms with van der Waals surface area (Å²) in [5.74, 6) is 1.28. The molecule has 1 aromatic heterocycles. The van der Waals surface area contributed by atoms with Crippen molar-refractivity contribution in [3.63, 3.8) is 0 Å². The number of hydrogen-bond acceptors (Lipinski definition) is 3. The van der Waals surface area contributed by atoms with Crippen LogP contribution < -0.4 is 0 Å². The lowest BCUT2D eigenvalue weighted by atomic mass is 10.1. The quantitative estimate of drug-likeness (QED) is 0.788. The van der Waals surface area contributed by atoms with Crippen LogP contribution in [0.3, 0.4) is 0 Å². The van der Waals surface area contributed by atoms with E-state index in [4.69, 9.17) is 0 Å². The molecule has 1 atom stereocenters. The zero-order chi connectivity index (χ0) is 12.3. The highest BCUT2D eigenvalue weighted by molar-refractivity contribution is 8.01. The lowest BCUT2D eigenvalue weighted by Gasteiger charge is -2.33. The molecule has 0 saturated carbocycles. The van der Waals surface area contributed by atoms with E-state index < -0.39 is 0 Å². The van der Waals surface area contributed by atoms with Gasteiger partial charge >= 0.3 is 0 Å². The molecule has 96 valence electrons. The lowest BCUT2D eigenvalue weighted by molar-refractivity contribution is 0.209. The Hall–Kier alpha value is 0.0100. The molecule has 0 aromatic carbocycles. The van der Waals surface area contributed by atoms with Crippen molar-refractivity contribution in [2.24, 2.45) is 0 Å². The average molecular weight is 269 g/mol. The summed E-state index contributed by atoms with van der Waals surface area (Å²) in [6.07, 6.45) is 3.82. The van der Waals surface area contributed by atoms with E-state index in [1.807, 2.05) is 11.3 Å². The molecule has 1 aliphatic rings. The van der Waals surface area contributed by atoms with Crippen LogP contribution in [-0.2, 0) is 6.42 Å². The van der Waals surface area contributed by atoms with E-state index in [9.17, 15) is 0 Å². The van der Waals surface area contributed by atoms with Crippen LogP contribution in [0.4, 0.5) is 0 Å². The highest BCUT2D eigenvalue weighted by atomic mass is 32.2. The fourth-order valence-corrected chi connectivity index (χ4v) is 5.18. The van der Waals surface area contributed by atoms with Gasteiger partial charge in [0.15, 0.2) is 0 Å². The highest BCUT2D eigenvalue weighted by Crippen LogP contribution is 2.38. The number of thiophene rings is 1. The number of aryl methyl sites for hydroxylation is 1. The van der Waals surface area contributed by atoms with Crippen LogP contribution in [0.5, 0.6) is 0 Å². The van der Waals surface area contributed by atoms with Crippen molar-refractivity contribution < 1.29 is 0 Å². The maximum absolute atomic E-state index is 2.70. The second kappa shape index (κ2) is 6.26. The molecule has 0 bridgehead atoms. The number of hydrogen-bond donors (Lipinski definition) is 0. The van der Waals surface area contributed by atoms with Gasteiger partial charge in [-0.25, -0.2) is 0 Å². The van der Waals surface area contributed by atoms with Crippen LogP contribution in [-0.4, -0.2) is 29.8 Å². The second-order valence-electron chi connectivity index (χ2n) is 4.87. The molecule has 1 unspecified atom stereocenters. The highest BCUT2D eigenvalue weighted by Gasteiger charge is 2.25. The molecular formula is C14H23NS2. The van der Waals surface area contributed by atoms with Gasteiger partial charge < -0.3 is 0 Å². The first-order valence-electron chi connectivity index (χ1n) is 6.70. The monoisotopic (exact) mass is 269 g/mol. The lowest BCUT2D eigenvalue weighted by Crippen LogP contribution is -2.41. The van der Waals surface area contributed by atoms with Crippen molar-refractivity contribution in [1.82, 2.24) is 4.90 Å². The van der Waals surface area contributed by atoms with Gasteiger partial charge in [0.2, 0.25) is 0 Å². The van der Waals surface area contributed by atoms with Crippen LogP contribution in [0.1, 0.15) is 37.1 Å². The molecule has 2 heterocycles. The number of nitrogens with zero attached hydrogens (tertiary/aromatic N) is 1. The minimum atomic E-state index is 0.765. The van der Waals surface area contributed by atoms with Gasteiger partial charge in [0.1, 0.15) is 0 Å². The van der Waals surface area contributed by atoms with Crippen molar-refractivity contribution in [3.05, 3.63) is 16.5 Å². The third kappa shape index (κ3) is 3.27. The van der Waals surface area contributed by atoms with Gasteiger partial charge in [-0.15, -0.1) is 23.1 Å². The zero-order valence-electron chi connectivity index (χ0n) is 11.2. The van der Waals surface area contributed by atoms with E-state index in [0.717, 1.165) is 6.04 Å². The van der Waals surface area contributed by atoms with Crippen molar-refractivity contribution in [1.29, 1.82) is 0 Å². The minimum Gasteiger partial charge on any atom is -0.299 e. The molecule has 0 saturated heterocycles. The standard InChI is InChI=1S/C14H23NS2/c1-4-6-15(7-5-2)13-9-12-8-11(3)17-14(12)16-10-13/h8,13H,4-7,9-10H2,1-3H3. The van der Waals surface area contributed by atoms with Crippen LogP contribution >= 0.6 is 23.1 Å². The Morgan fingerprint density at radius 2 is 2.00 bits per heavy atom. The molecule has 0 amide bonds. The molecule has 0 spiro atoms. The van der Waals surface area contributed by atoms with Gasteiger partial charge in [-0.1, -0.05) is 13.8 Å². The predicted molar refractivity (Wildman–Crippen MR) is 79.4 cm³/mol. The largest absolute Gasteiger partial charge is 0.299 e. The van der Waals surface area contributed by atoms with E-state index in [-0.39, 0.29) is 0 Å². The van der Waals surface area contributed by atoms with Crippen LogP contribution in [0.25, 0.3) is 0 Å². The molecule has 0 N–H and O–H groups in total. The third-order valence-corrected chi connectivity index (χ3v) is 5.86. The number of fused-ring (bicyclic) bond motifs is 1. The third-order valence-electron chi connectivity index (χ3n) is 3.29. The Morgan fingerprint density at radius 3 is 2.65 bits per heavy atom. The van der Waals surface area contributed by atoms with Crippen molar-refractivity contribution in [3.8, 4) is 0 Å². The molecule has 3 heteroatoms.